The lowest BCUT2D eigenvalue weighted by molar-refractivity contribution is -0.262. The minimum Gasteiger partial charge on any atom is -0.490 e. The standard InChI is InChI=1S/C19H28O3/c1-12(2)14-7-5-6-8-15(14)22-11-19(21)16-9-13(10-17(19)20)18(16,3)4/h5-8,12-13,16-17,20-21H,9-11H2,1-4H3/t13-,16-,17+,19-/m0/s1. The van der Waals surface area contributed by atoms with Crippen molar-refractivity contribution in [3.8, 4) is 5.75 Å². The van der Waals surface area contributed by atoms with E-state index >= 15 is 0 Å². The topological polar surface area (TPSA) is 49.7 Å². The molecule has 0 saturated heterocycles. The SMILES string of the molecule is CC(C)c1ccccc1OC[C@@]1(O)[C@H](O)C[C@@H]2C[C@H]1C2(C)C. The zero-order valence-corrected chi connectivity index (χ0v) is 14.0. The molecule has 0 heterocycles. The highest BCUT2D eigenvalue weighted by Crippen LogP contribution is 2.62. The van der Waals surface area contributed by atoms with Crippen molar-refractivity contribution in [2.75, 3.05) is 6.61 Å². The minimum atomic E-state index is -1.14. The fourth-order valence-electron chi connectivity index (χ4n) is 4.45. The molecule has 0 aliphatic heterocycles. The van der Waals surface area contributed by atoms with E-state index < -0.39 is 11.7 Å². The van der Waals surface area contributed by atoms with E-state index in [1.807, 2.05) is 18.2 Å². The molecule has 2 N–H and O–H groups in total. The Morgan fingerprint density at radius 2 is 1.91 bits per heavy atom. The van der Waals surface area contributed by atoms with Crippen molar-refractivity contribution in [1.29, 1.82) is 0 Å². The molecule has 22 heavy (non-hydrogen) atoms. The van der Waals surface area contributed by atoms with Crippen LogP contribution in [0.2, 0.25) is 0 Å². The number of aliphatic hydroxyl groups excluding tert-OH is 1. The number of rotatable bonds is 4. The van der Waals surface area contributed by atoms with Crippen LogP contribution >= 0.6 is 0 Å². The van der Waals surface area contributed by atoms with Gasteiger partial charge in [-0.25, -0.2) is 0 Å². The van der Waals surface area contributed by atoms with Gasteiger partial charge in [-0.1, -0.05) is 45.9 Å². The number of ether oxygens (including phenoxy) is 1. The number of para-hydroxylation sites is 1. The molecule has 0 amide bonds. The Labute approximate surface area is 133 Å². The third-order valence-electron chi connectivity index (χ3n) is 6.16. The molecule has 0 radical (unpaired) electrons. The normalized spacial score (nSPS) is 36.0. The molecule has 122 valence electrons. The van der Waals surface area contributed by atoms with Gasteiger partial charge in [-0.05, 0) is 47.6 Å². The summed E-state index contributed by atoms with van der Waals surface area (Å²) in [4.78, 5) is 0. The quantitative estimate of drug-likeness (QED) is 0.897. The van der Waals surface area contributed by atoms with Gasteiger partial charge in [0.15, 0.2) is 0 Å². The van der Waals surface area contributed by atoms with E-state index in [2.05, 4.69) is 33.8 Å². The Kier molecular flexibility index (Phi) is 3.77. The van der Waals surface area contributed by atoms with Crippen molar-refractivity contribution < 1.29 is 14.9 Å². The molecule has 0 unspecified atom stereocenters. The van der Waals surface area contributed by atoms with Gasteiger partial charge in [-0.2, -0.15) is 0 Å². The van der Waals surface area contributed by atoms with Gasteiger partial charge in [0, 0.05) is 0 Å². The van der Waals surface area contributed by atoms with Crippen molar-refractivity contribution in [1.82, 2.24) is 0 Å². The third-order valence-corrected chi connectivity index (χ3v) is 6.16. The number of hydrogen-bond donors (Lipinski definition) is 2. The van der Waals surface area contributed by atoms with Crippen LogP contribution in [0.3, 0.4) is 0 Å². The molecule has 3 nitrogen and oxygen atoms in total. The second kappa shape index (κ2) is 5.24. The molecule has 4 rings (SSSR count). The number of hydrogen-bond acceptors (Lipinski definition) is 3. The molecule has 3 heteroatoms. The molecule has 1 aromatic rings. The van der Waals surface area contributed by atoms with Gasteiger partial charge in [0.1, 0.15) is 18.0 Å². The summed E-state index contributed by atoms with van der Waals surface area (Å²) in [6, 6.07) is 7.96. The average Bonchev–Trinajstić information content (AvgIpc) is 2.47. The van der Waals surface area contributed by atoms with Crippen LogP contribution in [0.15, 0.2) is 24.3 Å². The Hall–Kier alpha value is -1.06. The third kappa shape index (κ3) is 2.26. The summed E-state index contributed by atoms with van der Waals surface area (Å²) in [6.07, 6.45) is 0.987. The van der Waals surface area contributed by atoms with Crippen molar-refractivity contribution in [3.05, 3.63) is 29.8 Å². The maximum absolute atomic E-state index is 11.1. The second-order valence-electron chi connectivity index (χ2n) is 8.03. The molecule has 0 spiro atoms. The number of benzene rings is 1. The Morgan fingerprint density at radius 1 is 1.23 bits per heavy atom. The average molecular weight is 304 g/mol. The summed E-state index contributed by atoms with van der Waals surface area (Å²) < 4.78 is 5.99. The smallest absolute Gasteiger partial charge is 0.128 e. The summed E-state index contributed by atoms with van der Waals surface area (Å²) in [5, 5.41) is 21.5. The summed E-state index contributed by atoms with van der Waals surface area (Å²) in [5.41, 5.74) is 0.0965. The monoisotopic (exact) mass is 304 g/mol. The zero-order chi connectivity index (χ0) is 16.1. The van der Waals surface area contributed by atoms with Crippen LogP contribution in [0.4, 0.5) is 0 Å². The maximum atomic E-state index is 11.1. The van der Waals surface area contributed by atoms with Crippen molar-refractivity contribution in [2.24, 2.45) is 17.3 Å². The Morgan fingerprint density at radius 3 is 2.55 bits per heavy atom. The molecular formula is C19H28O3. The van der Waals surface area contributed by atoms with E-state index in [0.717, 1.165) is 17.7 Å². The van der Waals surface area contributed by atoms with Gasteiger partial charge in [-0.15, -0.1) is 0 Å². The Balaban J connectivity index is 1.78. The second-order valence-corrected chi connectivity index (χ2v) is 8.03. The van der Waals surface area contributed by atoms with Crippen LogP contribution in [-0.2, 0) is 0 Å². The molecule has 3 saturated carbocycles. The number of aliphatic hydroxyl groups is 2. The fraction of sp³-hybridized carbons (Fsp3) is 0.684. The molecule has 2 bridgehead atoms. The van der Waals surface area contributed by atoms with Crippen LogP contribution < -0.4 is 4.74 Å². The largest absolute Gasteiger partial charge is 0.490 e. The first kappa shape index (κ1) is 15.8. The lowest BCUT2D eigenvalue weighted by Gasteiger charge is -2.64. The van der Waals surface area contributed by atoms with Crippen LogP contribution in [0.25, 0.3) is 0 Å². The Bertz CT molecular complexity index is 551. The highest BCUT2D eigenvalue weighted by Gasteiger charge is 2.64. The van der Waals surface area contributed by atoms with Crippen LogP contribution in [0.5, 0.6) is 5.75 Å². The van der Waals surface area contributed by atoms with E-state index in [-0.39, 0.29) is 17.9 Å². The van der Waals surface area contributed by atoms with Crippen molar-refractivity contribution in [3.63, 3.8) is 0 Å². The highest BCUT2D eigenvalue weighted by atomic mass is 16.5. The summed E-state index contributed by atoms with van der Waals surface area (Å²) in [7, 11) is 0. The number of fused-ring (bicyclic) bond motifs is 2. The van der Waals surface area contributed by atoms with Gasteiger partial charge in [0.2, 0.25) is 0 Å². The van der Waals surface area contributed by atoms with Gasteiger partial charge in [-0.3, -0.25) is 0 Å². The van der Waals surface area contributed by atoms with Crippen LogP contribution in [0, 0.1) is 17.3 Å². The van der Waals surface area contributed by atoms with Crippen molar-refractivity contribution in [2.45, 2.75) is 58.2 Å². The molecule has 1 aromatic carbocycles. The molecule has 3 fully saturated rings. The first-order valence-corrected chi connectivity index (χ1v) is 8.39. The fourth-order valence-corrected chi connectivity index (χ4v) is 4.45. The van der Waals surface area contributed by atoms with Crippen LogP contribution in [0.1, 0.15) is 52.0 Å². The predicted molar refractivity (Wildman–Crippen MR) is 87.0 cm³/mol. The predicted octanol–water partition coefficient (Wildman–Crippen LogP) is 3.35. The van der Waals surface area contributed by atoms with E-state index in [9.17, 15) is 10.2 Å². The zero-order valence-electron chi connectivity index (χ0n) is 14.0. The lowest BCUT2D eigenvalue weighted by Crippen LogP contribution is -2.69. The first-order valence-electron chi connectivity index (χ1n) is 8.39. The van der Waals surface area contributed by atoms with Crippen molar-refractivity contribution >= 4 is 0 Å². The minimum absolute atomic E-state index is 0.0922. The molecule has 4 atom stereocenters. The lowest BCUT2D eigenvalue weighted by atomic mass is 9.43. The first-order chi connectivity index (χ1) is 10.3. The van der Waals surface area contributed by atoms with Gasteiger partial charge < -0.3 is 14.9 Å². The van der Waals surface area contributed by atoms with E-state index in [4.69, 9.17) is 4.74 Å². The molecular weight excluding hydrogens is 276 g/mol. The van der Waals surface area contributed by atoms with Crippen LogP contribution in [-0.4, -0.2) is 28.5 Å². The van der Waals surface area contributed by atoms with Gasteiger partial charge in [0.05, 0.1) is 6.10 Å². The van der Waals surface area contributed by atoms with Gasteiger partial charge >= 0.3 is 0 Å². The van der Waals surface area contributed by atoms with Gasteiger partial charge in [0.25, 0.3) is 0 Å². The maximum Gasteiger partial charge on any atom is 0.128 e. The molecule has 3 aliphatic rings. The molecule has 0 aromatic heterocycles. The van der Waals surface area contributed by atoms with E-state index in [1.54, 1.807) is 0 Å². The summed E-state index contributed by atoms with van der Waals surface area (Å²) in [6.45, 7) is 8.83. The summed E-state index contributed by atoms with van der Waals surface area (Å²) in [5.74, 6) is 1.82. The summed E-state index contributed by atoms with van der Waals surface area (Å²) >= 11 is 0. The van der Waals surface area contributed by atoms with E-state index in [0.29, 0.717) is 18.3 Å². The van der Waals surface area contributed by atoms with E-state index in [1.165, 1.54) is 0 Å². The highest BCUT2D eigenvalue weighted by molar-refractivity contribution is 5.35. The molecule has 3 aliphatic carbocycles.